The number of hydrogen-bond donors (Lipinski definition) is 3. The van der Waals surface area contributed by atoms with Crippen LogP contribution in [0.1, 0.15) is 46.5 Å². The predicted octanol–water partition coefficient (Wildman–Crippen LogP) is 1.38. The second-order valence-corrected chi connectivity index (χ2v) is 15.9. The van der Waals surface area contributed by atoms with Crippen molar-refractivity contribution in [2.24, 2.45) is 11.3 Å². The van der Waals surface area contributed by atoms with Gasteiger partial charge >= 0.3 is 12.1 Å². The molecule has 2 saturated heterocycles. The average Bonchev–Trinajstić information content (AvgIpc) is 3.29. The van der Waals surface area contributed by atoms with Gasteiger partial charge in [-0.1, -0.05) is 20.8 Å². The topological polar surface area (TPSA) is 131 Å². The summed E-state index contributed by atoms with van der Waals surface area (Å²) in [4.78, 5) is 51.9. The second-order valence-electron chi connectivity index (χ2n) is 11.8. The summed E-state index contributed by atoms with van der Waals surface area (Å²) in [5.41, 5.74) is -1.23. The average molecular weight is 534 g/mol. The second kappa shape index (κ2) is 9.43. The van der Waals surface area contributed by atoms with Crippen LogP contribution in [0.4, 0.5) is 13.2 Å². The van der Waals surface area contributed by atoms with E-state index in [9.17, 15) is 37.6 Å². The summed E-state index contributed by atoms with van der Waals surface area (Å²) in [7, 11) is -1.49. The Kier molecular flexibility index (Phi) is 7.36. The molecule has 9 nitrogen and oxygen atoms in total. The van der Waals surface area contributed by atoms with Crippen molar-refractivity contribution in [1.29, 1.82) is 5.26 Å². The highest BCUT2D eigenvalue weighted by molar-refractivity contribution is 8.32. The van der Waals surface area contributed by atoms with Crippen molar-refractivity contribution < 1.29 is 32.3 Å². The quantitative estimate of drug-likeness (QED) is 0.475. The van der Waals surface area contributed by atoms with E-state index < -0.39 is 63.4 Å². The van der Waals surface area contributed by atoms with E-state index in [-0.39, 0.29) is 23.7 Å². The summed E-state index contributed by atoms with van der Waals surface area (Å²) >= 11 is 0. The molecule has 4 atom stereocenters. The van der Waals surface area contributed by atoms with Gasteiger partial charge in [0.15, 0.2) is 0 Å². The van der Waals surface area contributed by atoms with Gasteiger partial charge in [0.05, 0.1) is 11.9 Å². The molecule has 3 rings (SSSR count). The molecule has 3 aliphatic rings. The number of rotatable bonds is 6. The van der Waals surface area contributed by atoms with Gasteiger partial charge in [-0.2, -0.15) is 18.4 Å². The molecule has 0 aromatic heterocycles. The Bertz CT molecular complexity index is 984. The van der Waals surface area contributed by atoms with Crippen molar-refractivity contribution in [3.8, 4) is 6.07 Å². The summed E-state index contributed by atoms with van der Waals surface area (Å²) in [6, 6.07) is -1.46. The Morgan fingerprint density at radius 3 is 2.31 bits per heavy atom. The molecule has 3 fully saturated rings. The minimum atomic E-state index is -5.17. The highest BCUT2D eigenvalue weighted by atomic mass is 32.3. The van der Waals surface area contributed by atoms with Crippen LogP contribution >= 0.6 is 10.0 Å². The number of amides is 4. The fourth-order valence-electron chi connectivity index (χ4n) is 4.84. The van der Waals surface area contributed by atoms with Gasteiger partial charge in [-0.3, -0.25) is 19.2 Å². The minimum Gasteiger partial charge on any atom is -0.350 e. The third-order valence-electron chi connectivity index (χ3n) is 6.95. The van der Waals surface area contributed by atoms with Gasteiger partial charge in [0.2, 0.25) is 17.7 Å². The highest BCUT2D eigenvalue weighted by Gasteiger charge is 2.53. The third kappa shape index (κ3) is 6.25. The number of carbonyl (C=O) groups is 4. The van der Waals surface area contributed by atoms with Crippen LogP contribution in [0.15, 0.2) is 0 Å². The van der Waals surface area contributed by atoms with Crippen LogP contribution in [0.25, 0.3) is 0 Å². The van der Waals surface area contributed by atoms with Crippen molar-refractivity contribution in [2.45, 2.75) is 76.3 Å². The molecule has 4 unspecified atom stereocenters. The molecule has 2 aliphatic heterocycles. The van der Waals surface area contributed by atoms with Gasteiger partial charge in [-0.05, 0) is 43.6 Å². The van der Waals surface area contributed by atoms with E-state index in [4.69, 9.17) is 0 Å². The Morgan fingerprint density at radius 2 is 1.83 bits per heavy atom. The van der Waals surface area contributed by atoms with Crippen LogP contribution in [0.2, 0.25) is 0 Å². The predicted molar refractivity (Wildman–Crippen MR) is 128 cm³/mol. The van der Waals surface area contributed by atoms with Crippen molar-refractivity contribution in [3.05, 3.63) is 0 Å². The van der Waals surface area contributed by atoms with Gasteiger partial charge in [0, 0.05) is 17.2 Å². The molecule has 0 radical (unpaired) electrons. The van der Waals surface area contributed by atoms with Crippen molar-refractivity contribution in [1.82, 2.24) is 20.9 Å². The third-order valence-corrected chi connectivity index (χ3v) is 9.14. The number of halogens is 3. The van der Waals surface area contributed by atoms with Crippen LogP contribution in [0, 0.1) is 22.7 Å². The van der Waals surface area contributed by atoms with Crippen molar-refractivity contribution >= 4 is 33.7 Å². The lowest BCUT2D eigenvalue weighted by molar-refractivity contribution is -0.176. The van der Waals surface area contributed by atoms with Gasteiger partial charge < -0.3 is 20.9 Å². The largest absolute Gasteiger partial charge is 0.471 e. The Labute approximate surface area is 210 Å². The van der Waals surface area contributed by atoms with Crippen molar-refractivity contribution in [2.75, 3.05) is 24.1 Å². The summed E-state index contributed by atoms with van der Waals surface area (Å²) < 4.78 is 38.8. The number of alkyl halides is 3. The van der Waals surface area contributed by atoms with Gasteiger partial charge in [0.25, 0.3) is 0 Å². The Balaban J connectivity index is 1.75. The molecular formula is C23H34F3N5O4S. The van der Waals surface area contributed by atoms with Crippen LogP contribution in [-0.2, 0) is 19.2 Å². The Hall–Kier alpha value is -2.49. The summed E-state index contributed by atoms with van der Waals surface area (Å²) in [6.45, 7) is 4.58. The summed E-state index contributed by atoms with van der Waals surface area (Å²) in [5.74, 6) is -3.67. The van der Waals surface area contributed by atoms with E-state index >= 15 is 0 Å². The van der Waals surface area contributed by atoms with Crippen LogP contribution in [0.5, 0.6) is 0 Å². The first-order valence-corrected chi connectivity index (χ1v) is 14.6. The van der Waals surface area contributed by atoms with Crippen molar-refractivity contribution in [3.63, 3.8) is 0 Å². The maximum atomic E-state index is 13.5. The zero-order valence-electron chi connectivity index (χ0n) is 21.1. The van der Waals surface area contributed by atoms with Gasteiger partial charge in [-0.25, -0.2) is 10.0 Å². The van der Waals surface area contributed by atoms with Gasteiger partial charge in [0.1, 0.15) is 18.1 Å². The standard InChI is InChI=1S/C23H34F3N5O4S/c1-21(2,3)16(29-20(35)23(24,25)26)19(34)31-12-36(4,5)11-15(31)18(33)28-14(10-27)8-13-9-22(6-7-22)30-17(13)32/h13-16H,6-9,11-12H2,1-5H3,(H,28,33)(H,29,35)(H,30,32). The molecule has 0 aromatic carbocycles. The Morgan fingerprint density at radius 1 is 1.22 bits per heavy atom. The van der Waals surface area contributed by atoms with Crippen LogP contribution < -0.4 is 16.0 Å². The molecule has 1 spiro atoms. The molecule has 2 heterocycles. The highest BCUT2D eigenvalue weighted by Crippen LogP contribution is 2.48. The van der Waals surface area contributed by atoms with E-state index in [1.54, 1.807) is 5.32 Å². The molecular weight excluding hydrogens is 499 g/mol. The fourth-order valence-corrected chi connectivity index (χ4v) is 7.20. The maximum absolute atomic E-state index is 13.5. The number of carbonyl (C=O) groups excluding carboxylic acids is 4. The SMILES string of the molecule is CC(C)(C)C(NC(=O)C(F)(F)F)C(=O)N1CS(C)(C)CC1C(=O)NC(C#N)CC1CC2(CC2)NC1=O. The van der Waals surface area contributed by atoms with E-state index in [1.165, 1.54) is 25.7 Å². The normalized spacial score (nSPS) is 27.0. The van der Waals surface area contributed by atoms with E-state index in [0.29, 0.717) is 12.2 Å². The zero-order chi connectivity index (χ0) is 27.3. The monoisotopic (exact) mass is 533 g/mol. The first-order valence-electron chi connectivity index (χ1n) is 11.8. The first kappa shape index (κ1) is 28.1. The number of nitrogens with zero attached hydrogens (tertiary/aromatic N) is 2. The van der Waals surface area contributed by atoms with E-state index in [0.717, 1.165) is 12.8 Å². The smallest absolute Gasteiger partial charge is 0.350 e. The number of nitriles is 1. The zero-order valence-corrected chi connectivity index (χ0v) is 21.9. The maximum Gasteiger partial charge on any atom is 0.471 e. The lowest BCUT2D eigenvalue weighted by Crippen LogP contribution is -2.60. The minimum absolute atomic E-state index is 0.138. The number of hydrogen-bond acceptors (Lipinski definition) is 5. The molecule has 36 heavy (non-hydrogen) atoms. The van der Waals surface area contributed by atoms with E-state index in [2.05, 4.69) is 10.6 Å². The molecule has 3 N–H and O–H groups in total. The van der Waals surface area contributed by atoms with Crippen LogP contribution in [-0.4, -0.2) is 82.5 Å². The summed E-state index contributed by atoms with van der Waals surface area (Å²) in [5, 5.41) is 17.0. The molecule has 1 saturated carbocycles. The molecule has 0 aromatic rings. The number of nitrogens with one attached hydrogen (secondary N) is 3. The van der Waals surface area contributed by atoms with Gasteiger partial charge in [-0.15, -0.1) is 0 Å². The lowest BCUT2D eigenvalue weighted by Gasteiger charge is -2.35. The fraction of sp³-hybridized carbons (Fsp3) is 0.783. The van der Waals surface area contributed by atoms with E-state index in [1.807, 2.05) is 18.6 Å². The lowest BCUT2D eigenvalue weighted by atomic mass is 9.85. The first-order chi connectivity index (χ1) is 16.4. The molecule has 1 aliphatic carbocycles. The molecule has 202 valence electrons. The van der Waals surface area contributed by atoms with Crippen LogP contribution in [0.3, 0.4) is 0 Å². The summed E-state index contributed by atoms with van der Waals surface area (Å²) in [6.07, 6.45) is 1.19. The molecule has 4 amide bonds. The molecule has 13 heteroatoms. The molecule has 0 bridgehead atoms.